The maximum atomic E-state index is 11.4. The third-order valence-electron chi connectivity index (χ3n) is 2.99. The van der Waals surface area contributed by atoms with E-state index in [-0.39, 0.29) is 5.69 Å². The molecule has 21 heavy (non-hydrogen) atoms. The number of benzene rings is 2. The van der Waals surface area contributed by atoms with Crippen LogP contribution >= 0.6 is 11.6 Å². The molecule has 104 valence electrons. The molecule has 0 unspecified atom stereocenters. The number of rotatable bonds is 3. The molecule has 1 aromatic heterocycles. The summed E-state index contributed by atoms with van der Waals surface area (Å²) < 4.78 is 1.51. The van der Waals surface area contributed by atoms with Gasteiger partial charge in [-0.15, -0.1) is 5.10 Å². The highest BCUT2D eigenvalue weighted by atomic mass is 35.5. The number of carbonyl (C=O) groups is 1. The van der Waals surface area contributed by atoms with Crippen molar-refractivity contribution in [3.63, 3.8) is 0 Å². The smallest absolute Gasteiger partial charge is 0.358 e. The Morgan fingerprint density at radius 1 is 1.05 bits per heavy atom. The molecule has 0 atom stereocenters. The van der Waals surface area contributed by atoms with Crippen LogP contribution in [0, 0.1) is 0 Å². The summed E-state index contributed by atoms with van der Waals surface area (Å²) in [6.45, 7) is 0. The van der Waals surface area contributed by atoms with Gasteiger partial charge in [0.1, 0.15) is 5.69 Å². The number of nitrogens with zero attached hydrogens (tertiary/aromatic N) is 3. The van der Waals surface area contributed by atoms with E-state index in [1.165, 1.54) is 4.68 Å². The molecule has 0 fully saturated rings. The molecule has 0 radical (unpaired) electrons. The van der Waals surface area contributed by atoms with Gasteiger partial charge in [-0.05, 0) is 24.3 Å². The summed E-state index contributed by atoms with van der Waals surface area (Å²) in [6.07, 6.45) is 0. The summed E-state index contributed by atoms with van der Waals surface area (Å²) in [5, 5.41) is 17.6. The second-order valence-electron chi connectivity index (χ2n) is 4.35. The topological polar surface area (TPSA) is 68.0 Å². The maximum absolute atomic E-state index is 11.4. The molecule has 0 saturated heterocycles. The highest BCUT2D eigenvalue weighted by molar-refractivity contribution is 6.30. The first kappa shape index (κ1) is 13.3. The minimum Gasteiger partial charge on any atom is -0.476 e. The molecule has 0 saturated carbocycles. The summed E-state index contributed by atoms with van der Waals surface area (Å²) in [5.41, 5.74) is 1.75. The lowest BCUT2D eigenvalue weighted by Crippen LogP contribution is -2.03. The van der Waals surface area contributed by atoms with Crippen LogP contribution in [-0.2, 0) is 0 Å². The Hall–Kier alpha value is -2.66. The third kappa shape index (κ3) is 2.51. The Balaban J connectivity index is 2.23. The first-order valence-electron chi connectivity index (χ1n) is 6.17. The average Bonchev–Trinajstić information content (AvgIpc) is 2.94. The van der Waals surface area contributed by atoms with Crippen LogP contribution in [0.1, 0.15) is 10.5 Å². The predicted octanol–water partition coefficient (Wildman–Crippen LogP) is 3.29. The SMILES string of the molecule is O=C(O)c1nnn(-c2ccccc2)c1-c1ccc(Cl)cc1. The van der Waals surface area contributed by atoms with Crippen molar-refractivity contribution in [2.45, 2.75) is 0 Å². The van der Waals surface area contributed by atoms with Gasteiger partial charge in [0.25, 0.3) is 0 Å². The number of aromatic nitrogens is 3. The fourth-order valence-corrected chi connectivity index (χ4v) is 2.17. The number of carboxylic acids is 1. The minimum atomic E-state index is -1.12. The van der Waals surface area contributed by atoms with E-state index in [0.29, 0.717) is 16.3 Å². The summed E-state index contributed by atoms with van der Waals surface area (Å²) >= 11 is 5.88. The van der Waals surface area contributed by atoms with Crippen molar-refractivity contribution in [2.24, 2.45) is 0 Å². The minimum absolute atomic E-state index is 0.0961. The van der Waals surface area contributed by atoms with Gasteiger partial charge in [0, 0.05) is 10.6 Å². The van der Waals surface area contributed by atoms with Gasteiger partial charge in [0.15, 0.2) is 5.69 Å². The quantitative estimate of drug-likeness (QED) is 0.806. The highest BCUT2D eigenvalue weighted by Gasteiger charge is 2.21. The van der Waals surface area contributed by atoms with E-state index in [9.17, 15) is 9.90 Å². The summed E-state index contributed by atoms with van der Waals surface area (Å²) in [7, 11) is 0. The van der Waals surface area contributed by atoms with Gasteiger partial charge < -0.3 is 5.11 Å². The van der Waals surface area contributed by atoms with Crippen molar-refractivity contribution in [1.82, 2.24) is 15.0 Å². The van der Waals surface area contributed by atoms with E-state index in [1.807, 2.05) is 30.3 Å². The van der Waals surface area contributed by atoms with Crippen molar-refractivity contribution in [3.05, 3.63) is 65.3 Å². The zero-order valence-electron chi connectivity index (χ0n) is 10.8. The summed E-state index contributed by atoms with van der Waals surface area (Å²) in [5.74, 6) is -1.12. The molecule has 0 spiro atoms. The van der Waals surface area contributed by atoms with Crippen molar-refractivity contribution in [1.29, 1.82) is 0 Å². The molecular formula is C15H10ClN3O2. The molecule has 6 heteroatoms. The van der Waals surface area contributed by atoms with Gasteiger partial charge in [0.05, 0.1) is 5.69 Å². The van der Waals surface area contributed by atoms with Crippen LogP contribution in [0.3, 0.4) is 0 Å². The van der Waals surface area contributed by atoms with E-state index in [1.54, 1.807) is 24.3 Å². The number of carboxylic acid groups (broad SMARTS) is 1. The molecule has 3 aromatic rings. The van der Waals surface area contributed by atoms with Crippen LogP contribution in [0.5, 0.6) is 0 Å². The molecule has 0 bridgehead atoms. The summed E-state index contributed by atoms with van der Waals surface area (Å²) in [6, 6.07) is 16.1. The molecule has 0 aliphatic rings. The first-order valence-corrected chi connectivity index (χ1v) is 6.55. The second kappa shape index (κ2) is 5.38. The second-order valence-corrected chi connectivity index (χ2v) is 4.78. The normalized spacial score (nSPS) is 10.5. The number of halogens is 1. The molecule has 1 N–H and O–H groups in total. The van der Waals surface area contributed by atoms with Gasteiger partial charge in [-0.1, -0.05) is 47.1 Å². The largest absolute Gasteiger partial charge is 0.476 e. The summed E-state index contributed by atoms with van der Waals surface area (Å²) in [4.78, 5) is 11.4. The van der Waals surface area contributed by atoms with E-state index in [4.69, 9.17) is 11.6 Å². The molecule has 0 aliphatic carbocycles. The lowest BCUT2D eigenvalue weighted by atomic mass is 10.1. The fourth-order valence-electron chi connectivity index (χ4n) is 2.04. The molecule has 0 amide bonds. The van der Waals surface area contributed by atoms with E-state index in [2.05, 4.69) is 10.3 Å². The van der Waals surface area contributed by atoms with Crippen LogP contribution in [0.4, 0.5) is 0 Å². The first-order chi connectivity index (χ1) is 10.2. The van der Waals surface area contributed by atoms with Crippen molar-refractivity contribution in [3.8, 4) is 16.9 Å². The third-order valence-corrected chi connectivity index (χ3v) is 3.24. The zero-order valence-corrected chi connectivity index (χ0v) is 11.5. The maximum Gasteiger partial charge on any atom is 0.358 e. The Morgan fingerprint density at radius 2 is 1.71 bits per heavy atom. The highest BCUT2D eigenvalue weighted by Crippen LogP contribution is 2.26. The molecule has 3 rings (SSSR count). The van der Waals surface area contributed by atoms with Crippen LogP contribution in [-0.4, -0.2) is 26.1 Å². The number of aromatic carboxylic acids is 1. The van der Waals surface area contributed by atoms with Crippen LogP contribution in [0.2, 0.25) is 5.02 Å². The predicted molar refractivity (Wildman–Crippen MR) is 78.8 cm³/mol. The zero-order chi connectivity index (χ0) is 14.8. The standard InChI is InChI=1S/C15H10ClN3O2/c16-11-8-6-10(7-9-11)14-13(15(20)21)17-18-19(14)12-4-2-1-3-5-12/h1-9H,(H,20,21). The average molecular weight is 300 g/mol. The van der Waals surface area contributed by atoms with Gasteiger partial charge in [0.2, 0.25) is 0 Å². The van der Waals surface area contributed by atoms with Crippen LogP contribution in [0.15, 0.2) is 54.6 Å². The number of para-hydroxylation sites is 1. The van der Waals surface area contributed by atoms with E-state index >= 15 is 0 Å². The molecular weight excluding hydrogens is 290 g/mol. The van der Waals surface area contributed by atoms with Crippen molar-refractivity contribution < 1.29 is 9.90 Å². The van der Waals surface area contributed by atoms with Crippen LogP contribution in [0.25, 0.3) is 16.9 Å². The Morgan fingerprint density at radius 3 is 2.33 bits per heavy atom. The fraction of sp³-hybridized carbons (Fsp3) is 0. The van der Waals surface area contributed by atoms with Gasteiger partial charge in [-0.25, -0.2) is 9.48 Å². The Labute approximate surface area is 125 Å². The van der Waals surface area contributed by atoms with Crippen molar-refractivity contribution in [2.75, 3.05) is 0 Å². The number of hydrogen-bond donors (Lipinski definition) is 1. The monoisotopic (exact) mass is 299 g/mol. The van der Waals surface area contributed by atoms with Crippen LogP contribution < -0.4 is 0 Å². The number of hydrogen-bond acceptors (Lipinski definition) is 3. The van der Waals surface area contributed by atoms with Gasteiger partial charge >= 0.3 is 5.97 Å². The lowest BCUT2D eigenvalue weighted by Gasteiger charge is -2.07. The molecule has 2 aromatic carbocycles. The van der Waals surface area contributed by atoms with E-state index < -0.39 is 5.97 Å². The molecule has 1 heterocycles. The van der Waals surface area contributed by atoms with Gasteiger partial charge in [-0.2, -0.15) is 0 Å². The lowest BCUT2D eigenvalue weighted by molar-refractivity contribution is 0.0691. The van der Waals surface area contributed by atoms with Gasteiger partial charge in [-0.3, -0.25) is 0 Å². The van der Waals surface area contributed by atoms with Crippen molar-refractivity contribution >= 4 is 17.6 Å². The van der Waals surface area contributed by atoms with E-state index in [0.717, 1.165) is 5.69 Å². The Kier molecular flexibility index (Phi) is 3.41. The molecule has 0 aliphatic heterocycles. The Bertz CT molecular complexity index is 782. The molecule has 5 nitrogen and oxygen atoms in total.